The van der Waals surface area contributed by atoms with Crippen molar-refractivity contribution in [3.05, 3.63) is 122 Å². The number of anilines is 1. The van der Waals surface area contributed by atoms with Gasteiger partial charge < -0.3 is 14.2 Å². The number of hydrogen-bond donors (Lipinski definition) is 1. The first-order chi connectivity index (χ1) is 20.7. The Bertz CT molecular complexity index is 1720. The molecule has 0 saturated carbocycles. The molecule has 5 rings (SSSR count). The number of rotatable bonds is 9. The quantitative estimate of drug-likeness (QED) is 0.151. The fourth-order valence-corrected chi connectivity index (χ4v) is 4.76. The molecule has 4 aromatic carbocycles. The van der Waals surface area contributed by atoms with Crippen molar-refractivity contribution in [1.82, 2.24) is 5.32 Å². The van der Waals surface area contributed by atoms with E-state index in [2.05, 4.69) is 5.32 Å². The van der Waals surface area contributed by atoms with Gasteiger partial charge in [-0.1, -0.05) is 53.0 Å². The molecule has 4 aromatic rings. The number of urea groups is 1. The zero-order chi connectivity index (χ0) is 30.5. The standard InChI is InChI=1S/C32H23Cl3N2O6/c1-41-26-11-5-20(29(16-26)43-17-19-2-6-22(33)7-3-19)14-27-30(38)36-32(40)37(31(27)39)24-9-12-25(13-10-24)42-18-21-4-8-23(34)15-28(21)35/h2-16H,17-18H2,1H3,(H,36,38,40)/b27-14+. The van der Waals surface area contributed by atoms with E-state index in [-0.39, 0.29) is 24.5 Å². The first-order valence-corrected chi connectivity index (χ1v) is 14.0. The summed E-state index contributed by atoms with van der Waals surface area (Å²) in [5.41, 5.74) is 2.03. The molecule has 0 unspecified atom stereocenters. The number of nitrogens with one attached hydrogen (secondary N) is 1. The number of amides is 4. The van der Waals surface area contributed by atoms with Gasteiger partial charge in [0.15, 0.2) is 0 Å². The van der Waals surface area contributed by atoms with Crippen LogP contribution in [0.4, 0.5) is 10.5 Å². The molecule has 11 heteroatoms. The van der Waals surface area contributed by atoms with Crippen molar-refractivity contribution in [1.29, 1.82) is 0 Å². The third-order valence-corrected chi connectivity index (χ3v) is 7.27. The first-order valence-electron chi connectivity index (χ1n) is 12.9. The lowest BCUT2D eigenvalue weighted by Crippen LogP contribution is -2.54. The van der Waals surface area contributed by atoms with Crippen molar-refractivity contribution in [2.45, 2.75) is 13.2 Å². The average Bonchev–Trinajstić information content (AvgIpc) is 2.99. The second-order valence-corrected chi connectivity index (χ2v) is 10.6. The number of carbonyl (C=O) groups excluding carboxylic acids is 3. The molecule has 218 valence electrons. The van der Waals surface area contributed by atoms with Gasteiger partial charge in [0.1, 0.15) is 36.0 Å². The number of ether oxygens (including phenoxy) is 3. The van der Waals surface area contributed by atoms with Gasteiger partial charge in [0.25, 0.3) is 11.8 Å². The van der Waals surface area contributed by atoms with Crippen molar-refractivity contribution in [2.24, 2.45) is 0 Å². The number of benzene rings is 4. The second-order valence-electron chi connectivity index (χ2n) is 9.30. The van der Waals surface area contributed by atoms with E-state index in [4.69, 9.17) is 49.0 Å². The molecule has 0 aliphatic carbocycles. The van der Waals surface area contributed by atoms with Crippen molar-refractivity contribution < 1.29 is 28.6 Å². The van der Waals surface area contributed by atoms with Crippen LogP contribution >= 0.6 is 34.8 Å². The van der Waals surface area contributed by atoms with E-state index in [1.54, 1.807) is 60.7 Å². The average molecular weight is 638 g/mol. The molecule has 1 saturated heterocycles. The number of carbonyl (C=O) groups is 3. The molecular formula is C32H23Cl3N2O6. The first kappa shape index (κ1) is 30.0. The fourth-order valence-electron chi connectivity index (χ4n) is 4.17. The smallest absolute Gasteiger partial charge is 0.335 e. The van der Waals surface area contributed by atoms with E-state index >= 15 is 0 Å². The van der Waals surface area contributed by atoms with Gasteiger partial charge in [-0.25, -0.2) is 9.69 Å². The number of methoxy groups -OCH3 is 1. The highest BCUT2D eigenvalue weighted by atomic mass is 35.5. The molecule has 0 radical (unpaired) electrons. The molecule has 1 fully saturated rings. The van der Waals surface area contributed by atoms with Gasteiger partial charge in [-0.2, -0.15) is 0 Å². The van der Waals surface area contributed by atoms with Crippen LogP contribution in [0.3, 0.4) is 0 Å². The van der Waals surface area contributed by atoms with Crippen LogP contribution in [0.2, 0.25) is 15.1 Å². The molecule has 0 aromatic heterocycles. The summed E-state index contributed by atoms with van der Waals surface area (Å²) >= 11 is 18.1. The third kappa shape index (κ3) is 7.11. The lowest BCUT2D eigenvalue weighted by molar-refractivity contribution is -0.122. The van der Waals surface area contributed by atoms with Crippen molar-refractivity contribution >= 4 is 64.4 Å². The zero-order valence-corrected chi connectivity index (χ0v) is 24.9. The van der Waals surface area contributed by atoms with E-state index in [0.717, 1.165) is 16.0 Å². The van der Waals surface area contributed by atoms with Crippen LogP contribution in [0.15, 0.2) is 90.5 Å². The molecule has 8 nitrogen and oxygen atoms in total. The lowest BCUT2D eigenvalue weighted by atomic mass is 10.1. The summed E-state index contributed by atoms with van der Waals surface area (Å²) in [4.78, 5) is 39.9. The van der Waals surface area contributed by atoms with Crippen LogP contribution in [0.5, 0.6) is 17.2 Å². The number of halogens is 3. The molecule has 4 amide bonds. The van der Waals surface area contributed by atoms with Crippen LogP contribution < -0.4 is 24.4 Å². The van der Waals surface area contributed by atoms with Crippen molar-refractivity contribution in [3.63, 3.8) is 0 Å². The van der Waals surface area contributed by atoms with Gasteiger partial charge in [0, 0.05) is 32.3 Å². The molecule has 43 heavy (non-hydrogen) atoms. The molecule has 1 aliphatic heterocycles. The summed E-state index contributed by atoms with van der Waals surface area (Å²) in [6.45, 7) is 0.383. The van der Waals surface area contributed by atoms with Crippen LogP contribution in [-0.2, 0) is 22.8 Å². The second kappa shape index (κ2) is 13.2. The summed E-state index contributed by atoms with van der Waals surface area (Å²) in [6.07, 6.45) is 1.38. The molecule has 1 aliphatic rings. The number of imide groups is 2. The van der Waals surface area contributed by atoms with E-state index in [1.807, 2.05) is 12.1 Å². The maximum Gasteiger partial charge on any atom is 0.335 e. The lowest BCUT2D eigenvalue weighted by Gasteiger charge is -2.26. The fraction of sp³-hybridized carbons (Fsp3) is 0.0938. The zero-order valence-electron chi connectivity index (χ0n) is 22.6. The SMILES string of the molecule is COc1ccc(/C=C2\C(=O)NC(=O)N(c3ccc(OCc4ccc(Cl)cc4Cl)cc3)C2=O)c(OCc2ccc(Cl)cc2)c1. The van der Waals surface area contributed by atoms with Gasteiger partial charge in [-0.15, -0.1) is 0 Å². The Morgan fingerprint density at radius 1 is 0.767 bits per heavy atom. The normalized spacial score (nSPS) is 14.1. The minimum atomic E-state index is -0.872. The van der Waals surface area contributed by atoms with Crippen LogP contribution in [0.25, 0.3) is 6.08 Å². The Balaban J connectivity index is 1.36. The largest absolute Gasteiger partial charge is 0.497 e. The topological polar surface area (TPSA) is 94.2 Å². The third-order valence-electron chi connectivity index (χ3n) is 6.43. The number of barbiturate groups is 1. The highest BCUT2D eigenvalue weighted by Gasteiger charge is 2.37. The van der Waals surface area contributed by atoms with E-state index in [0.29, 0.717) is 37.9 Å². The Labute approximate surface area is 262 Å². The summed E-state index contributed by atoms with van der Waals surface area (Å²) in [5.74, 6) is -0.259. The Morgan fingerprint density at radius 2 is 1.47 bits per heavy atom. The predicted octanol–water partition coefficient (Wildman–Crippen LogP) is 7.48. The highest BCUT2D eigenvalue weighted by molar-refractivity contribution is 6.39. The number of hydrogen-bond acceptors (Lipinski definition) is 6. The Hall–Kier alpha value is -4.50. The summed E-state index contributed by atoms with van der Waals surface area (Å²) in [7, 11) is 1.52. The van der Waals surface area contributed by atoms with E-state index < -0.39 is 17.8 Å². The summed E-state index contributed by atoms with van der Waals surface area (Å²) in [6, 6.07) is 22.6. The number of nitrogens with zero attached hydrogens (tertiary/aromatic N) is 1. The Kier molecular flexibility index (Phi) is 9.21. The molecule has 0 atom stereocenters. The van der Waals surface area contributed by atoms with Gasteiger partial charge in [0.2, 0.25) is 0 Å². The van der Waals surface area contributed by atoms with Gasteiger partial charge in [-0.05, 0) is 72.3 Å². The van der Waals surface area contributed by atoms with Gasteiger partial charge >= 0.3 is 6.03 Å². The minimum Gasteiger partial charge on any atom is -0.497 e. The van der Waals surface area contributed by atoms with Gasteiger partial charge in [-0.3, -0.25) is 14.9 Å². The molecule has 0 spiro atoms. The van der Waals surface area contributed by atoms with Crippen LogP contribution in [-0.4, -0.2) is 25.0 Å². The summed E-state index contributed by atoms with van der Waals surface area (Å²) < 4.78 is 17.1. The molecule has 1 N–H and O–H groups in total. The molecular weight excluding hydrogens is 615 g/mol. The maximum atomic E-state index is 13.5. The molecule has 0 bridgehead atoms. The molecule has 1 heterocycles. The van der Waals surface area contributed by atoms with Crippen molar-refractivity contribution in [3.8, 4) is 17.2 Å². The summed E-state index contributed by atoms with van der Waals surface area (Å²) in [5, 5.41) is 3.82. The van der Waals surface area contributed by atoms with Crippen LogP contribution in [0.1, 0.15) is 16.7 Å². The highest BCUT2D eigenvalue weighted by Crippen LogP contribution is 2.30. The van der Waals surface area contributed by atoms with Crippen LogP contribution in [0, 0.1) is 0 Å². The monoisotopic (exact) mass is 636 g/mol. The maximum absolute atomic E-state index is 13.5. The van der Waals surface area contributed by atoms with E-state index in [1.165, 1.54) is 25.3 Å². The van der Waals surface area contributed by atoms with E-state index in [9.17, 15) is 14.4 Å². The van der Waals surface area contributed by atoms with Gasteiger partial charge in [0.05, 0.1) is 12.8 Å². The predicted molar refractivity (Wildman–Crippen MR) is 165 cm³/mol. The Morgan fingerprint density at radius 3 is 2.16 bits per heavy atom. The minimum absolute atomic E-state index is 0.185. The van der Waals surface area contributed by atoms with Crippen molar-refractivity contribution in [2.75, 3.05) is 12.0 Å².